The van der Waals surface area contributed by atoms with Crippen LogP contribution in [0.2, 0.25) is 0 Å². The van der Waals surface area contributed by atoms with Gasteiger partial charge in [-0.25, -0.2) is 4.98 Å². The molecule has 0 atom stereocenters. The van der Waals surface area contributed by atoms with Crippen molar-refractivity contribution >= 4 is 11.1 Å². The molecular formula is C28H30IrN7O. The number of oxazole rings is 1. The van der Waals surface area contributed by atoms with Crippen LogP contribution in [-0.4, -0.2) is 54.9 Å². The molecule has 192 valence electrons. The van der Waals surface area contributed by atoms with Gasteiger partial charge in [0.1, 0.15) is 0 Å². The summed E-state index contributed by atoms with van der Waals surface area (Å²) >= 11 is 0. The molecule has 0 unspecified atom stereocenters. The zero-order valence-electron chi connectivity index (χ0n) is 21.6. The van der Waals surface area contributed by atoms with Crippen LogP contribution in [0.1, 0.15) is 17.0 Å². The van der Waals surface area contributed by atoms with Gasteiger partial charge in [0.15, 0.2) is 5.89 Å². The molecule has 6 rings (SSSR count). The molecule has 2 aromatic carbocycles. The third kappa shape index (κ3) is 5.89. The van der Waals surface area contributed by atoms with Crippen molar-refractivity contribution in [2.75, 3.05) is 20.8 Å². The molecule has 0 saturated carbocycles. The van der Waals surface area contributed by atoms with Gasteiger partial charge in [0.25, 0.3) is 0 Å². The minimum absolute atomic E-state index is 0. The molecule has 2 aliphatic rings. The number of nitrogens with zero attached hydrogens (tertiary/aromatic N) is 7. The van der Waals surface area contributed by atoms with E-state index in [4.69, 9.17) is 4.42 Å². The fourth-order valence-corrected chi connectivity index (χ4v) is 4.34. The second-order valence-electron chi connectivity index (χ2n) is 9.02. The molecule has 0 fully saturated rings. The zero-order chi connectivity index (χ0) is 25.2. The van der Waals surface area contributed by atoms with E-state index in [9.17, 15) is 0 Å². The van der Waals surface area contributed by atoms with Crippen LogP contribution < -0.4 is 0 Å². The number of para-hydroxylation sites is 1. The fraction of sp³-hybridized carbons (Fsp3) is 0.214. The maximum Gasteiger partial charge on any atom is 3.00 e. The first-order valence-corrected chi connectivity index (χ1v) is 11.8. The number of aryl methyl sites for hydroxylation is 3. The monoisotopic (exact) mass is 673 g/mol. The van der Waals surface area contributed by atoms with Gasteiger partial charge in [-0.3, -0.25) is 4.98 Å². The topological polar surface area (TPSA) is 56.8 Å². The Morgan fingerprint density at radius 3 is 2.19 bits per heavy atom. The summed E-state index contributed by atoms with van der Waals surface area (Å²) < 4.78 is 7.63. The standard InChI is InChI=1S/C19H16N3O.C9H14N4.Ir/c1-12-5-4-6-13(2)18(12)22-10-9-20-19(22)15-7-8-17-16(11-15)21-14(3)23-17;1-10-3-5-12(7-10)9-13-6-4-11(2)8-13;/h4-6,8-11H,1-3H3;3-8H,9H2,1-2H3;/q-1;-2;+3. The first-order chi connectivity index (χ1) is 17.4. The molecule has 0 amide bonds. The van der Waals surface area contributed by atoms with Crippen LogP contribution in [0.4, 0.5) is 0 Å². The maximum absolute atomic E-state index is 5.52. The molecule has 0 spiro atoms. The Balaban J connectivity index is 0.000000195. The van der Waals surface area contributed by atoms with Crippen molar-refractivity contribution in [3.63, 3.8) is 0 Å². The van der Waals surface area contributed by atoms with Gasteiger partial charge in [0.2, 0.25) is 0 Å². The Bertz CT molecular complexity index is 1380. The maximum atomic E-state index is 5.52. The summed E-state index contributed by atoms with van der Waals surface area (Å²) in [5.41, 5.74) is 6.05. The summed E-state index contributed by atoms with van der Waals surface area (Å²) in [7, 11) is 4.04. The van der Waals surface area contributed by atoms with E-state index in [1.54, 1.807) is 0 Å². The number of rotatable bonds is 4. The van der Waals surface area contributed by atoms with Crippen molar-refractivity contribution in [2.24, 2.45) is 0 Å². The van der Waals surface area contributed by atoms with E-state index in [0.717, 1.165) is 34.8 Å². The first-order valence-electron chi connectivity index (χ1n) is 11.8. The number of imidazole rings is 1. The summed E-state index contributed by atoms with van der Waals surface area (Å²) in [6.07, 6.45) is 12.0. The van der Waals surface area contributed by atoms with Crippen LogP contribution >= 0.6 is 0 Å². The average molecular weight is 673 g/mol. The third-order valence-electron chi connectivity index (χ3n) is 5.96. The van der Waals surface area contributed by atoms with Gasteiger partial charge in [-0.05, 0) is 63.9 Å². The van der Waals surface area contributed by atoms with Crippen LogP contribution in [0.3, 0.4) is 0 Å². The average Bonchev–Trinajstić information content (AvgIpc) is 3.62. The predicted molar refractivity (Wildman–Crippen MR) is 141 cm³/mol. The number of aromatic nitrogens is 3. The van der Waals surface area contributed by atoms with Gasteiger partial charge in [-0.15, -0.1) is 23.8 Å². The number of hydrogen-bond acceptors (Lipinski definition) is 7. The van der Waals surface area contributed by atoms with Crippen molar-refractivity contribution < 1.29 is 24.5 Å². The molecule has 9 heteroatoms. The Kier molecular flexibility index (Phi) is 8.05. The smallest absolute Gasteiger partial charge is 0.511 e. The number of fused-ring (bicyclic) bond motifs is 1. The predicted octanol–water partition coefficient (Wildman–Crippen LogP) is 5.02. The van der Waals surface area contributed by atoms with E-state index < -0.39 is 0 Å². The van der Waals surface area contributed by atoms with E-state index in [0.29, 0.717) is 5.89 Å². The van der Waals surface area contributed by atoms with Crippen LogP contribution in [-0.2, 0) is 20.1 Å². The molecule has 37 heavy (non-hydrogen) atoms. The SMILES string of the molecule is CN1C=CN(CN2C=CN(C)[CH-]2)[CH-]1.Cc1nc2cc(-c3nccn3-c3c(C)cccc3C)[c-]cc2o1.[Ir+3]. The molecule has 4 heterocycles. The van der Waals surface area contributed by atoms with E-state index in [2.05, 4.69) is 88.2 Å². The minimum Gasteiger partial charge on any atom is -0.511 e. The van der Waals surface area contributed by atoms with E-state index in [1.165, 1.54) is 11.1 Å². The van der Waals surface area contributed by atoms with Gasteiger partial charge in [-0.1, -0.05) is 18.2 Å². The number of hydrogen-bond donors (Lipinski definition) is 0. The summed E-state index contributed by atoms with van der Waals surface area (Å²) in [4.78, 5) is 17.2. The van der Waals surface area contributed by atoms with Gasteiger partial charge in [0.05, 0.1) is 11.4 Å². The van der Waals surface area contributed by atoms with Crippen LogP contribution in [0.5, 0.6) is 0 Å². The Morgan fingerprint density at radius 2 is 1.59 bits per heavy atom. The number of benzene rings is 2. The summed E-state index contributed by atoms with van der Waals surface area (Å²) in [6.45, 7) is 11.0. The van der Waals surface area contributed by atoms with Crippen LogP contribution in [0.15, 0.2) is 71.9 Å². The van der Waals surface area contributed by atoms with Gasteiger partial charge in [-0.2, -0.15) is 13.3 Å². The molecular weight excluding hydrogens is 643 g/mol. The van der Waals surface area contributed by atoms with E-state index >= 15 is 0 Å². The molecule has 0 aliphatic carbocycles. The quantitative estimate of drug-likeness (QED) is 0.283. The second kappa shape index (κ2) is 11.2. The Labute approximate surface area is 231 Å². The van der Waals surface area contributed by atoms with Crippen molar-refractivity contribution in [3.8, 4) is 17.1 Å². The van der Waals surface area contributed by atoms with Crippen molar-refractivity contribution in [2.45, 2.75) is 20.8 Å². The molecule has 2 aromatic heterocycles. The molecule has 8 nitrogen and oxygen atoms in total. The van der Waals surface area contributed by atoms with Crippen molar-refractivity contribution in [1.82, 2.24) is 34.1 Å². The van der Waals surface area contributed by atoms with Gasteiger partial charge in [0, 0.05) is 37.2 Å². The molecule has 0 saturated heterocycles. The molecule has 4 aromatic rings. The zero-order valence-corrected chi connectivity index (χ0v) is 24.0. The third-order valence-corrected chi connectivity index (χ3v) is 5.96. The summed E-state index contributed by atoms with van der Waals surface area (Å²) in [6, 6.07) is 13.4. The molecule has 0 bridgehead atoms. The van der Waals surface area contributed by atoms with Crippen LogP contribution in [0, 0.1) is 40.2 Å². The summed E-state index contributed by atoms with van der Waals surface area (Å²) in [5.74, 6) is 1.51. The summed E-state index contributed by atoms with van der Waals surface area (Å²) in [5, 5.41) is 0. The van der Waals surface area contributed by atoms with Crippen molar-refractivity contribution in [1.29, 1.82) is 0 Å². The van der Waals surface area contributed by atoms with Crippen LogP contribution in [0.25, 0.3) is 28.2 Å². The van der Waals surface area contributed by atoms with Gasteiger partial charge < -0.3 is 28.6 Å². The van der Waals surface area contributed by atoms with E-state index in [-0.39, 0.29) is 20.1 Å². The first kappa shape index (κ1) is 26.5. The normalized spacial score (nSPS) is 14.4. The van der Waals surface area contributed by atoms with Gasteiger partial charge >= 0.3 is 20.1 Å². The molecule has 0 radical (unpaired) electrons. The largest absolute Gasteiger partial charge is 3.00 e. The Hall–Kier alpha value is -3.55. The molecule has 2 aliphatic heterocycles. The van der Waals surface area contributed by atoms with Crippen molar-refractivity contribution in [3.05, 3.63) is 104 Å². The van der Waals surface area contributed by atoms with E-state index in [1.807, 2.05) is 67.7 Å². The molecule has 0 N–H and O–H groups in total. The minimum atomic E-state index is 0. The Morgan fingerprint density at radius 1 is 0.946 bits per heavy atom. The second-order valence-corrected chi connectivity index (χ2v) is 9.02. The fourth-order valence-electron chi connectivity index (χ4n) is 4.34.